The van der Waals surface area contributed by atoms with Crippen molar-refractivity contribution in [2.45, 2.75) is 19.5 Å². The first-order valence-electron chi connectivity index (χ1n) is 10.2. The van der Waals surface area contributed by atoms with E-state index in [0.29, 0.717) is 24.5 Å². The average molecular weight is 435 g/mol. The third-order valence-electron chi connectivity index (χ3n) is 5.25. The number of rotatable bonds is 7. The Bertz CT molecular complexity index is 1130. The van der Waals surface area contributed by atoms with Gasteiger partial charge in [0, 0.05) is 30.8 Å². The van der Waals surface area contributed by atoms with Crippen LogP contribution in [-0.4, -0.2) is 29.2 Å². The maximum absolute atomic E-state index is 13.3. The Morgan fingerprint density at radius 3 is 2.72 bits per heavy atom. The highest BCUT2D eigenvalue weighted by atomic mass is 19.1. The van der Waals surface area contributed by atoms with Crippen LogP contribution in [0, 0.1) is 11.7 Å². The van der Waals surface area contributed by atoms with Gasteiger partial charge in [-0.25, -0.2) is 4.39 Å². The summed E-state index contributed by atoms with van der Waals surface area (Å²) in [5, 5.41) is 5.58. The highest BCUT2D eigenvalue weighted by Gasteiger charge is 2.34. The molecule has 2 heterocycles. The molecule has 1 fully saturated rings. The highest BCUT2D eigenvalue weighted by molar-refractivity contribution is 6.04. The van der Waals surface area contributed by atoms with Crippen LogP contribution in [0.3, 0.4) is 0 Å². The van der Waals surface area contributed by atoms with Crippen molar-refractivity contribution in [1.82, 2.24) is 10.2 Å². The number of benzene rings is 2. The van der Waals surface area contributed by atoms with E-state index >= 15 is 0 Å². The number of anilines is 1. The Morgan fingerprint density at radius 1 is 1.09 bits per heavy atom. The van der Waals surface area contributed by atoms with E-state index in [9.17, 15) is 18.8 Å². The third-order valence-corrected chi connectivity index (χ3v) is 5.25. The van der Waals surface area contributed by atoms with Gasteiger partial charge in [0.05, 0.1) is 18.7 Å². The molecule has 8 heteroatoms. The summed E-state index contributed by atoms with van der Waals surface area (Å²) in [6.45, 7) is 0.948. The molecule has 1 atom stereocenters. The number of hydrogen-bond donors (Lipinski definition) is 2. The number of carbonyl (C=O) groups is 3. The van der Waals surface area contributed by atoms with Crippen molar-refractivity contribution in [1.29, 1.82) is 0 Å². The smallest absolute Gasteiger partial charge is 0.255 e. The van der Waals surface area contributed by atoms with E-state index in [1.807, 2.05) is 6.07 Å². The third kappa shape index (κ3) is 5.21. The summed E-state index contributed by atoms with van der Waals surface area (Å²) in [4.78, 5) is 38.7. The molecule has 0 radical (unpaired) electrons. The fourth-order valence-corrected chi connectivity index (χ4v) is 3.62. The number of likely N-dealkylation sites (tertiary alicyclic amines) is 1. The molecule has 1 aromatic heterocycles. The average Bonchev–Trinajstić information content (AvgIpc) is 3.42. The van der Waals surface area contributed by atoms with Crippen LogP contribution in [0.4, 0.5) is 10.1 Å². The Morgan fingerprint density at radius 2 is 1.94 bits per heavy atom. The van der Waals surface area contributed by atoms with E-state index in [1.165, 1.54) is 18.2 Å². The van der Waals surface area contributed by atoms with Crippen LogP contribution in [0.25, 0.3) is 0 Å². The molecule has 1 aliphatic rings. The number of amides is 3. The molecular formula is C24H22FN3O4. The summed E-state index contributed by atoms with van der Waals surface area (Å²) < 4.78 is 18.6. The van der Waals surface area contributed by atoms with Crippen molar-refractivity contribution < 1.29 is 23.2 Å². The second-order valence-corrected chi connectivity index (χ2v) is 7.64. The fraction of sp³-hybridized carbons (Fsp3) is 0.208. The maximum Gasteiger partial charge on any atom is 0.255 e. The van der Waals surface area contributed by atoms with Crippen LogP contribution in [-0.2, 0) is 22.7 Å². The molecule has 0 spiro atoms. The van der Waals surface area contributed by atoms with E-state index in [2.05, 4.69) is 10.6 Å². The van der Waals surface area contributed by atoms with Crippen LogP contribution in [0.2, 0.25) is 0 Å². The van der Waals surface area contributed by atoms with Gasteiger partial charge < -0.3 is 20.0 Å². The van der Waals surface area contributed by atoms with Gasteiger partial charge in [0.15, 0.2) is 0 Å². The van der Waals surface area contributed by atoms with Gasteiger partial charge in [-0.15, -0.1) is 0 Å². The zero-order chi connectivity index (χ0) is 22.5. The summed E-state index contributed by atoms with van der Waals surface area (Å²) in [7, 11) is 0. The van der Waals surface area contributed by atoms with Gasteiger partial charge in [0.1, 0.15) is 11.6 Å². The van der Waals surface area contributed by atoms with E-state index in [1.54, 1.807) is 41.5 Å². The topological polar surface area (TPSA) is 91.7 Å². The maximum atomic E-state index is 13.3. The summed E-state index contributed by atoms with van der Waals surface area (Å²) >= 11 is 0. The molecule has 0 bridgehead atoms. The normalized spacial score (nSPS) is 15.6. The lowest BCUT2D eigenvalue weighted by atomic mass is 10.1. The molecule has 0 aliphatic carbocycles. The zero-order valence-electron chi connectivity index (χ0n) is 17.2. The molecule has 4 rings (SSSR count). The molecule has 7 nitrogen and oxygen atoms in total. The van der Waals surface area contributed by atoms with Crippen LogP contribution in [0.15, 0.2) is 71.3 Å². The van der Waals surface area contributed by atoms with Crippen LogP contribution in [0.1, 0.15) is 28.1 Å². The first-order valence-corrected chi connectivity index (χ1v) is 10.2. The number of furan rings is 1. The van der Waals surface area contributed by atoms with E-state index in [4.69, 9.17) is 4.42 Å². The van der Waals surface area contributed by atoms with E-state index < -0.39 is 17.6 Å². The minimum atomic E-state index is -0.484. The number of nitrogens with one attached hydrogen (secondary N) is 2. The molecule has 32 heavy (non-hydrogen) atoms. The molecule has 0 saturated carbocycles. The van der Waals surface area contributed by atoms with Crippen molar-refractivity contribution in [2.24, 2.45) is 5.92 Å². The highest BCUT2D eigenvalue weighted by Crippen LogP contribution is 2.21. The number of nitrogens with zero attached hydrogens (tertiary/aromatic N) is 1. The standard InChI is InChI=1S/C24H22FN3O4/c25-19-6-2-5-17(11-19)24(31)27-20-7-1-4-16(10-20)13-26-23(30)18-12-22(29)28(14-18)15-21-8-3-9-32-21/h1-11,18H,12-15H2,(H,26,30)(H,27,31). The SMILES string of the molecule is O=C(Nc1cccc(CNC(=O)C2CC(=O)N(Cc3ccco3)C2)c1)c1cccc(F)c1. The van der Waals surface area contributed by atoms with Crippen molar-refractivity contribution in [3.05, 3.63) is 89.6 Å². The Labute approximate surface area is 184 Å². The first kappa shape index (κ1) is 21.3. The lowest BCUT2D eigenvalue weighted by molar-refractivity contribution is -0.129. The van der Waals surface area contributed by atoms with Crippen LogP contribution in [0.5, 0.6) is 0 Å². The van der Waals surface area contributed by atoms with Crippen molar-refractivity contribution in [3.63, 3.8) is 0 Å². The second-order valence-electron chi connectivity index (χ2n) is 7.64. The van der Waals surface area contributed by atoms with Crippen LogP contribution >= 0.6 is 0 Å². The largest absolute Gasteiger partial charge is 0.467 e. The minimum Gasteiger partial charge on any atom is -0.467 e. The number of carbonyl (C=O) groups excluding carboxylic acids is 3. The minimum absolute atomic E-state index is 0.0800. The second kappa shape index (κ2) is 9.47. The Hall–Kier alpha value is -3.94. The number of hydrogen-bond acceptors (Lipinski definition) is 4. The predicted octanol–water partition coefficient (Wildman–Crippen LogP) is 3.34. The summed E-state index contributed by atoms with van der Waals surface area (Å²) in [5.74, 6) is -0.933. The van der Waals surface area contributed by atoms with Crippen molar-refractivity contribution >= 4 is 23.4 Å². The van der Waals surface area contributed by atoms with Crippen molar-refractivity contribution in [3.8, 4) is 0 Å². The molecule has 1 aliphatic heterocycles. The summed E-state index contributed by atoms with van der Waals surface area (Å²) in [6, 6.07) is 16.0. The van der Waals surface area contributed by atoms with Crippen molar-refractivity contribution in [2.75, 3.05) is 11.9 Å². The van der Waals surface area contributed by atoms with Gasteiger partial charge in [0.25, 0.3) is 5.91 Å². The van der Waals surface area contributed by atoms with Gasteiger partial charge in [-0.1, -0.05) is 18.2 Å². The van der Waals surface area contributed by atoms with E-state index in [0.717, 1.165) is 11.6 Å². The van der Waals surface area contributed by atoms with Gasteiger partial charge in [-0.3, -0.25) is 14.4 Å². The molecule has 1 saturated heterocycles. The molecule has 3 amide bonds. The van der Waals surface area contributed by atoms with Gasteiger partial charge in [0.2, 0.25) is 11.8 Å². The predicted molar refractivity (Wildman–Crippen MR) is 115 cm³/mol. The quantitative estimate of drug-likeness (QED) is 0.596. The molecule has 2 N–H and O–H groups in total. The molecular weight excluding hydrogens is 413 g/mol. The lowest BCUT2D eigenvalue weighted by Crippen LogP contribution is -2.32. The molecule has 3 aromatic rings. The summed E-state index contributed by atoms with van der Waals surface area (Å²) in [5.41, 5.74) is 1.53. The Kier molecular flexibility index (Phi) is 6.30. The van der Waals surface area contributed by atoms with Gasteiger partial charge >= 0.3 is 0 Å². The first-order chi connectivity index (χ1) is 15.5. The lowest BCUT2D eigenvalue weighted by Gasteiger charge is -2.15. The molecule has 2 aromatic carbocycles. The summed E-state index contributed by atoms with van der Waals surface area (Å²) in [6.07, 6.45) is 1.71. The molecule has 1 unspecified atom stereocenters. The Balaban J connectivity index is 1.30. The fourth-order valence-electron chi connectivity index (χ4n) is 3.62. The van der Waals surface area contributed by atoms with Gasteiger partial charge in [-0.05, 0) is 48.0 Å². The number of halogens is 1. The van der Waals surface area contributed by atoms with E-state index in [-0.39, 0.29) is 30.3 Å². The zero-order valence-corrected chi connectivity index (χ0v) is 17.2. The van der Waals surface area contributed by atoms with Crippen LogP contribution < -0.4 is 10.6 Å². The van der Waals surface area contributed by atoms with Gasteiger partial charge in [-0.2, -0.15) is 0 Å². The monoisotopic (exact) mass is 435 g/mol. The molecule has 164 valence electrons.